The van der Waals surface area contributed by atoms with Gasteiger partial charge in [-0.3, -0.25) is 9.59 Å². The van der Waals surface area contributed by atoms with E-state index < -0.39 is 0 Å². The van der Waals surface area contributed by atoms with Crippen molar-refractivity contribution in [3.8, 4) is 0 Å². The highest BCUT2D eigenvalue weighted by Gasteiger charge is 2.37. The Morgan fingerprint density at radius 3 is 2.45 bits per heavy atom. The molecule has 2 aliphatic rings. The third kappa shape index (κ3) is 4.17. The highest BCUT2D eigenvalue weighted by Crippen LogP contribution is 2.32. The van der Waals surface area contributed by atoms with Gasteiger partial charge in [-0.25, -0.2) is 0 Å². The van der Waals surface area contributed by atoms with Gasteiger partial charge >= 0.3 is 0 Å². The van der Waals surface area contributed by atoms with Crippen LogP contribution < -0.4 is 9.80 Å². The summed E-state index contributed by atoms with van der Waals surface area (Å²) in [6.07, 6.45) is 2.70. The van der Waals surface area contributed by atoms with Crippen molar-refractivity contribution in [2.24, 2.45) is 5.92 Å². The van der Waals surface area contributed by atoms with Crippen LogP contribution in [0.25, 0.3) is 0 Å². The van der Waals surface area contributed by atoms with Crippen molar-refractivity contribution in [1.29, 1.82) is 0 Å². The van der Waals surface area contributed by atoms with Crippen LogP contribution in [0.2, 0.25) is 0 Å². The van der Waals surface area contributed by atoms with Gasteiger partial charge in [-0.1, -0.05) is 30.3 Å². The number of anilines is 2. The number of carbonyl (C=O) groups is 2. The van der Waals surface area contributed by atoms with Crippen LogP contribution in [0.15, 0.2) is 53.0 Å². The van der Waals surface area contributed by atoms with Gasteiger partial charge in [0.2, 0.25) is 11.8 Å². The first-order chi connectivity index (χ1) is 14.0. The summed E-state index contributed by atoms with van der Waals surface area (Å²) in [5.41, 5.74) is 3.22. The van der Waals surface area contributed by atoms with Crippen LogP contribution in [0.5, 0.6) is 0 Å². The van der Waals surface area contributed by atoms with Crippen molar-refractivity contribution < 1.29 is 9.59 Å². The quantitative estimate of drug-likeness (QED) is 0.682. The fourth-order valence-electron chi connectivity index (χ4n) is 4.33. The molecule has 2 aromatic rings. The summed E-state index contributed by atoms with van der Waals surface area (Å²) in [6.45, 7) is 3.14. The Morgan fingerprint density at radius 1 is 1.07 bits per heavy atom. The average molecular weight is 456 g/mol. The zero-order valence-corrected chi connectivity index (χ0v) is 18.3. The smallest absolute Gasteiger partial charge is 0.228 e. The number of rotatable bonds is 5. The van der Waals surface area contributed by atoms with Gasteiger partial charge < -0.3 is 14.7 Å². The fraction of sp³-hybridized carbons (Fsp3) is 0.391. The van der Waals surface area contributed by atoms with Crippen LogP contribution in [-0.4, -0.2) is 43.4 Å². The van der Waals surface area contributed by atoms with E-state index in [1.807, 2.05) is 37.4 Å². The molecule has 0 N–H and O–H groups in total. The van der Waals surface area contributed by atoms with Gasteiger partial charge in [0.25, 0.3) is 0 Å². The molecule has 2 amide bonds. The summed E-state index contributed by atoms with van der Waals surface area (Å²) in [4.78, 5) is 31.6. The van der Waals surface area contributed by atoms with E-state index in [9.17, 15) is 9.59 Å². The Hall–Kier alpha value is -2.34. The number of nitrogens with zero attached hydrogens (tertiary/aromatic N) is 3. The van der Waals surface area contributed by atoms with Crippen molar-refractivity contribution in [3.63, 3.8) is 0 Å². The Balaban J connectivity index is 1.45. The van der Waals surface area contributed by atoms with Gasteiger partial charge in [0.15, 0.2) is 0 Å². The number of carbonyl (C=O) groups excluding carboxylic acids is 2. The monoisotopic (exact) mass is 455 g/mol. The molecule has 2 heterocycles. The molecule has 0 radical (unpaired) electrons. The summed E-state index contributed by atoms with van der Waals surface area (Å²) in [6, 6.07) is 16.0. The van der Waals surface area contributed by atoms with E-state index in [1.165, 1.54) is 18.5 Å². The summed E-state index contributed by atoms with van der Waals surface area (Å²) < 4.78 is 0.870. The Bertz CT molecular complexity index is 911. The maximum atomic E-state index is 13.1. The molecule has 2 aliphatic heterocycles. The van der Waals surface area contributed by atoms with Crippen molar-refractivity contribution >= 4 is 39.1 Å². The molecule has 2 fully saturated rings. The molecular formula is C23H26BrN3O2. The second kappa shape index (κ2) is 8.57. The summed E-state index contributed by atoms with van der Waals surface area (Å²) in [5.74, 6) is -0.274. The molecule has 0 spiro atoms. The van der Waals surface area contributed by atoms with Crippen molar-refractivity contribution in [3.05, 3.63) is 58.6 Å². The molecular weight excluding hydrogens is 430 g/mol. The lowest BCUT2D eigenvalue weighted by Crippen LogP contribution is -2.35. The molecule has 5 nitrogen and oxygen atoms in total. The van der Waals surface area contributed by atoms with Crippen LogP contribution in [-0.2, 0) is 16.1 Å². The first kappa shape index (κ1) is 20.0. The number of hydrogen-bond acceptors (Lipinski definition) is 3. The van der Waals surface area contributed by atoms with Crippen LogP contribution in [0.1, 0.15) is 24.8 Å². The molecule has 6 heteroatoms. The first-order valence-electron chi connectivity index (χ1n) is 10.2. The SMILES string of the molecule is CN(Cc1ccccc1N1CCCC1)C(=O)C1CC(=O)N(c2ccccc2Br)C1. The third-order valence-corrected chi connectivity index (χ3v) is 6.51. The van der Waals surface area contributed by atoms with E-state index in [0.29, 0.717) is 13.1 Å². The molecule has 29 heavy (non-hydrogen) atoms. The topological polar surface area (TPSA) is 43.9 Å². The summed E-state index contributed by atoms with van der Waals surface area (Å²) in [5, 5.41) is 0. The number of hydrogen-bond donors (Lipinski definition) is 0. The molecule has 1 unspecified atom stereocenters. The van der Waals surface area contributed by atoms with E-state index in [-0.39, 0.29) is 24.2 Å². The van der Waals surface area contributed by atoms with Gasteiger partial charge in [0.1, 0.15) is 0 Å². The van der Waals surface area contributed by atoms with E-state index >= 15 is 0 Å². The van der Waals surface area contributed by atoms with E-state index in [4.69, 9.17) is 0 Å². The lowest BCUT2D eigenvalue weighted by Gasteiger charge is -2.26. The highest BCUT2D eigenvalue weighted by molar-refractivity contribution is 9.10. The maximum Gasteiger partial charge on any atom is 0.228 e. The minimum atomic E-state index is -0.307. The molecule has 2 saturated heterocycles. The van der Waals surface area contributed by atoms with Gasteiger partial charge in [0, 0.05) is 49.8 Å². The van der Waals surface area contributed by atoms with Gasteiger partial charge in [-0.15, -0.1) is 0 Å². The molecule has 0 aliphatic carbocycles. The van der Waals surface area contributed by atoms with Crippen molar-refractivity contribution in [1.82, 2.24) is 4.90 Å². The minimum absolute atomic E-state index is 0.00103. The highest BCUT2D eigenvalue weighted by atomic mass is 79.9. The molecule has 2 aromatic carbocycles. The molecule has 152 valence electrons. The van der Waals surface area contributed by atoms with E-state index in [0.717, 1.165) is 28.8 Å². The predicted octanol–water partition coefficient (Wildman–Crippen LogP) is 4.06. The van der Waals surface area contributed by atoms with Crippen LogP contribution >= 0.6 is 15.9 Å². The van der Waals surface area contributed by atoms with Crippen molar-refractivity contribution in [2.45, 2.75) is 25.8 Å². The van der Waals surface area contributed by atoms with E-state index in [2.05, 4.69) is 39.0 Å². The number of amides is 2. The molecule has 0 aromatic heterocycles. The third-order valence-electron chi connectivity index (χ3n) is 5.84. The molecule has 0 saturated carbocycles. The number of para-hydroxylation sites is 2. The number of benzene rings is 2. The zero-order valence-electron chi connectivity index (χ0n) is 16.7. The largest absolute Gasteiger partial charge is 0.371 e. The minimum Gasteiger partial charge on any atom is -0.371 e. The van der Waals surface area contributed by atoms with Crippen LogP contribution in [0, 0.1) is 5.92 Å². The van der Waals surface area contributed by atoms with Crippen LogP contribution in [0.3, 0.4) is 0 Å². The molecule has 4 rings (SSSR count). The Kier molecular flexibility index (Phi) is 5.90. The lowest BCUT2D eigenvalue weighted by molar-refractivity contribution is -0.135. The average Bonchev–Trinajstić information content (AvgIpc) is 3.38. The summed E-state index contributed by atoms with van der Waals surface area (Å²) >= 11 is 3.51. The molecule has 0 bridgehead atoms. The standard InChI is InChI=1S/C23H26BrN3O2/c1-25(15-17-8-2-4-10-20(17)26-12-6-7-13-26)23(29)18-14-22(28)27(16-18)21-11-5-3-9-19(21)24/h2-5,8-11,18H,6-7,12-16H2,1H3. The van der Waals surface area contributed by atoms with E-state index in [1.54, 1.807) is 9.80 Å². The Morgan fingerprint density at radius 2 is 1.72 bits per heavy atom. The molecule has 1 atom stereocenters. The fourth-order valence-corrected chi connectivity index (χ4v) is 4.83. The van der Waals surface area contributed by atoms with Crippen molar-refractivity contribution in [2.75, 3.05) is 36.5 Å². The second-order valence-corrected chi connectivity index (χ2v) is 8.73. The van der Waals surface area contributed by atoms with Gasteiger partial charge in [0.05, 0.1) is 11.6 Å². The lowest BCUT2D eigenvalue weighted by atomic mass is 10.1. The Labute approximate surface area is 180 Å². The maximum absolute atomic E-state index is 13.1. The predicted molar refractivity (Wildman–Crippen MR) is 119 cm³/mol. The zero-order chi connectivity index (χ0) is 20.4. The summed E-state index contributed by atoms with van der Waals surface area (Å²) in [7, 11) is 1.84. The van der Waals surface area contributed by atoms with Crippen LogP contribution in [0.4, 0.5) is 11.4 Å². The first-order valence-corrected chi connectivity index (χ1v) is 11.0. The van der Waals surface area contributed by atoms with Gasteiger partial charge in [-0.2, -0.15) is 0 Å². The second-order valence-electron chi connectivity index (χ2n) is 7.87. The van der Waals surface area contributed by atoms with Gasteiger partial charge in [-0.05, 0) is 52.5 Å². The number of halogens is 1. The normalized spacial score (nSPS) is 19.1.